The van der Waals surface area contributed by atoms with Gasteiger partial charge in [-0.05, 0) is 56.2 Å². The van der Waals surface area contributed by atoms with E-state index in [0.29, 0.717) is 18.8 Å². The Labute approximate surface area is 188 Å². The molecule has 1 saturated heterocycles. The maximum absolute atomic E-state index is 13.2. The Balaban J connectivity index is 1.44. The Morgan fingerprint density at radius 2 is 1.53 bits per heavy atom. The Morgan fingerprint density at radius 1 is 0.844 bits per heavy atom. The number of hydrogen-bond acceptors (Lipinski definition) is 2. The lowest BCUT2D eigenvalue weighted by Gasteiger charge is -2.36. The van der Waals surface area contributed by atoms with Gasteiger partial charge in [0.25, 0.3) is 0 Å². The second-order valence-electron chi connectivity index (χ2n) is 8.20. The lowest BCUT2D eigenvalue weighted by Crippen LogP contribution is -2.49. The molecule has 1 aliphatic rings. The third-order valence-electron chi connectivity index (χ3n) is 5.41. The third-order valence-corrected chi connectivity index (χ3v) is 5.41. The van der Waals surface area contributed by atoms with Crippen molar-refractivity contribution in [3.05, 3.63) is 89.5 Å². The van der Waals surface area contributed by atoms with Crippen LogP contribution in [0.1, 0.15) is 23.1 Å². The second kappa shape index (κ2) is 9.56. The van der Waals surface area contributed by atoms with Crippen LogP contribution in [0.2, 0.25) is 0 Å². The van der Waals surface area contributed by atoms with Gasteiger partial charge in [-0.25, -0.2) is 9.59 Å². The summed E-state index contributed by atoms with van der Waals surface area (Å²) in [6, 6.07) is 22.7. The van der Waals surface area contributed by atoms with E-state index in [1.54, 1.807) is 4.90 Å². The number of amides is 4. The predicted octanol–water partition coefficient (Wildman–Crippen LogP) is 5.78. The van der Waals surface area contributed by atoms with E-state index in [1.807, 2.05) is 59.5 Å². The van der Waals surface area contributed by atoms with Crippen molar-refractivity contribution in [3.63, 3.8) is 0 Å². The highest BCUT2D eigenvalue weighted by Gasteiger charge is 2.27. The molecular weight excluding hydrogens is 400 g/mol. The average molecular weight is 429 g/mol. The zero-order valence-electron chi connectivity index (χ0n) is 18.5. The molecule has 6 nitrogen and oxygen atoms in total. The molecule has 1 aliphatic heterocycles. The van der Waals surface area contributed by atoms with Crippen LogP contribution in [0.15, 0.2) is 72.8 Å². The van der Waals surface area contributed by atoms with Crippen LogP contribution in [0.3, 0.4) is 0 Å². The van der Waals surface area contributed by atoms with Crippen molar-refractivity contribution < 1.29 is 9.59 Å². The number of nitrogens with one attached hydrogen (secondary N) is 2. The molecule has 0 bridgehead atoms. The molecule has 32 heavy (non-hydrogen) atoms. The van der Waals surface area contributed by atoms with Crippen LogP contribution in [-0.2, 0) is 6.54 Å². The standard InChI is InChI=1S/C26H28N4O2/c1-19-14-20(2)16-21(15-19)18-29-12-7-13-30(26(29)32)24-11-6-10-23(17-24)28-25(31)27-22-8-4-3-5-9-22/h3-6,8-11,14-17H,7,12-13,18H2,1-2H3,(H2,27,28,31). The highest BCUT2D eigenvalue weighted by Crippen LogP contribution is 2.25. The van der Waals surface area contributed by atoms with E-state index in [9.17, 15) is 9.59 Å². The zero-order chi connectivity index (χ0) is 22.5. The van der Waals surface area contributed by atoms with Gasteiger partial charge < -0.3 is 15.5 Å². The van der Waals surface area contributed by atoms with Crippen LogP contribution in [0.4, 0.5) is 26.7 Å². The highest BCUT2D eigenvalue weighted by molar-refractivity contribution is 6.00. The summed E-state index contributed by atoms with van der Waals surface area (Å²) in [5.41, 5.74) is 5.68. The van der Waals surface area contributed by atoms with E-state index in [1.165, 1.54) is 11.1 Å². The zero-order valence-corrected chi connectivity index (χ0v) is 18.5. The summed E-state index contributed by atoms with van der Waals surface area (Å²) in [4.78, 5) is 29.2. The predicted molar refractivity (Wildman–Crippen MR) is 129 cm³/mol. The number of aryl methyl sites for hydroxylation is 2. The monoisotopic (exact) mass is 428 g/mol. The number of hydrogen-bond donors (Lipinski definition) is 2. The molecule has 0 unspecified atom stereocenters. The normalized spacial score (nSPS) is 13.8. The number of anilines is 3. The van der Waals surface area contributed by atoms with E-state index in [-0.39, 0.29) is 12.1 Å². The fourth-order valence-corrected chi connectivity index (χ4v) is 4.12. The van der Waals surface area contributed by atoms with Gasteiger partial charge in [-0.15, -0.1) is 0 Å². The van der Waals surface area contributed by atoms with Crippen LogP contribution < -0.4 is 15.5 Å². The minimum absolute atomic E-state index is 0.0127. The van der Waals surface area contributed by atoms with Gasteiger partial charge in [0, 0.05) is 36.7 Å². The van der Waals surface area contributed by atoms with Gasteiger partial charge in [0.1, 0.15) is 0 Å². The third kappa shape index (κ3) is 5.27. The molecule has 0 spiro atoms. The van der Waals surface area contributed by atoms with Crippen molar-refractivity contribution in [1.82, 2.24) is 4.90 Å². The van der Waals surface area contributed by atoms with Crippen LogP contribution in [0.5, 0.6) is 0 Å². The van der Waals surface area contributed by atoms with Gasteiger partial charge in [0.2, 0.25) is 0 Å². The summed E-state index contributed by atoms with van der Waals surface area (Å²) in [5, 5.41) is 5.65. The number of carbonyl (C=O) groups excluding carboxylic acids is 2. The number of para-hydroxylation sites is 1. The maximum atomic E-state index is 13.2. The van der Waals surface area contributed by atoms with Crippen LogP contribution >= 0.6 is 0 Å². The van der Waals surface area contributed by atoms with Crippen molar-refractivity contribution in [2.75, 3.05) is 28.6 Å². The Hall–Kier alpha value is -3.80. The van der Waals surface area contributed by atoms with Crippen molar-refractivity contribution in [2.24, 2.45) is 0 Å². The molecular formula is C26H28N4O2. The molecule has 3 aromatic rings. The molecule has 164 valence electrons. The smallest absolute Gasteiger partial charge is 0.320 e. The SMILES string of the molecule is Cc1cc(C)cc(CN2CCCN(c3cccc(NC(=O)Nc4ccccc4)c3)C2=O)c1. The fraction of sp³-hybridized carbons (Fsp3) is 0.231. The number of carbonyl (C=O) groups is 2. The molecule has 0 aliphatic carbocycles. The first-order chi connectivity index (χ1) is 15.5. The first-order valence-corrected chi connectivity index (χ1v) is 10.8. The Kier molecular flexibility index (Phi) is 6.40. The lowest BCUT2D eigenvalue weighted by atomic mass is 10.1. The summed E-state index contributed by atoms with van der Waals surface area (Å²) in [5.74, 6) is 0. The number of nitrogens with zero attached hydrogens (tertiary/aromatic N) is 2. The Bertz CT molecular complexity index is 1090. The summed E-state index contributed by atoms with van der Waals surface area (Å²) >= 11 is 0. The molecule has 3 aromatic carbocycles. The molecule has 0 saturated carbocycles. The van der Waals surface area contributed by atoms with E-state index < -0.39 is 0 Å². The first kappa shape index (κ1) is 21.4. The van der Waals surface area contributed by atoms with Crippen LogP contribution in [0.25, 0.3) is 0 Å². The number of benzene rings is 3. The largest absolute Gasteiger partial charge is 0.324 e. The maximum Gasteiger partial charge on any atom is 0.324 e. The van der Waals surface area contributed by atoms with Crippen molar-refractivity contribution >= 4 is 29.1 Å². The van der Waals surface area contributed by atoms with Crippen LogP contribution in [0, 0.1) is 13.8 Å². The van der Waals surface area contributed by atoms with E-state index in [4.69, 9.17) is 0 Å². The Morgan fingerprint density at radius 3 is 2.28 bits per heavy atom. The highest BCUT2D eigenvalue weighted by atomic mass is 16.2. The summed E-state index contributed by atoms with van der Waals surface area (Å²) in [7, 11) is 0. The van der Waals surface area contributed by atoms with E-state index in [0.717, 1.165) is 29.9 Å². The van der Waals surface area contributed by atoms with Gasteiger partial charge >= 0.3 is 12.1 Å². The molecule has 4 rings (SSSR count). The molecule has 0 aromatic heterocycles. The van der Waals surface area contributed by atoms with Gasteiger partial charge in [-0.3, -0.25) is 4.90 Å². The quantitative estimate of drug-likeness (QED) is 0.541. The van der Waals surface area contributed by atoms with E-state index >= 15 is 0 Å². The summed E-state index contributed by atoms with van der Waals surface area (Å²) in [6.45, 7) is 6.14. The molecule has 0 atom stereocenters. The molecule has 4 amide bonds. The minimum Gasteiger partial charge on any atom is -0.320 e. The van der Waals surface area contributed by atoms with Crippen molar-refractivity contribution in [3.8, 4) is 0 Å². The number of urea groups is 2. The van der Waals surface area contributed by atoms with Crippen LogP contribution in [-0.4, -0.2) is 30.1 Å². The molecule has 2 N–H and O–H groups in total. The van der Waals surface area contributed by atoms with Gasteiger partial charge in [0.05, 0.1) is 0 Å². The van der Waals surface area contributed by atoms with Gasteiger partial charge in [-0.2, -0.15) is 0 Å². The first-order valence-electron chi connectivity index (χ1n) is 10.8. The van der Waals surface area contributed by atoms with Crippen molar-refractivity contribution in [1.29, 1.82) is 0 Å². The summed E-state index contributed by atoms with van der Waals surface area (Å²) < 4.78 is 0. The topological polar surface area (TPSA) is 64.7 Å². The number of rotatable bonds is 5. The fourth-order valence-electron chi connectivity index (χ4n) is 4.12. The molecule has 6 heteroatoms. The van der Waals surface area contributed by atoms with Crippen molar-refractivity contribution in [2.45, 2.75) is 26.8 Å². The molecule has 1 fully saturated rings. The lowest BCUT2D eigenvalue weighted by molar-refractivity contribution is 0.192. The van der Waals surface area contributed by atoms with Gasteiger partial charge in [0.15, 0.2) is 0 Å². The van der Waals surface area contributed by atoms with E-state index in [2.05, 4.69) is 42.7 Å². The minimum atomic E-state index is -0.324. The van der Waals surface area contributed by atoms with Gasteiger partial charge in [-0.1, -0.05) is 53.6 Å². The molecule has 1 heterocycles. The average Bonchev–Trinajstić information content (AvgIpc) is 2.75. The second-order valence-corrected chi connectivity index (χ2v) is 8.20. The summed E-state index contributed by atoms with van der Waals surface area (Å²) in [6.07, 6.45) is 0.892. The molecule has 0 radical (unpaired) electrons.